The predicted molar refractivity (Wildman–Crippen MR) is 57.1 cm³/mol. The lowest BCUT2D eigenvalue weighted by atomic mass is 9.99. The molecule has 0 fully saturated rings. The van der Waals surface area contributed by atoms with Crippen LogP contribution in [0.25, 0.3) is 0 Å². The molecule has 0 aromatic carbocycles. The van der Waals surface area contributed by atoms with Gasteiger partial charge in [0.25, 0.3) is 0 Å². The van der Waals surface area contributed by atoms with E-state index in [-0.39, 0.29) is 17.7 Å². The first-order valence-corrected chi connectivity index (χ1v) is 4.61. The van der Waals surface area contributed by atoms with E-state index in [9.17, 15) is 4.39 Å². The molecule has 0 saturated heterocycles. The second kappa shape index (κ2) is 5.00. The van der Waals surface area contributed by atoms with Crippen LogP contribution in [0.4, 0.5) is 4.39 Å². The topological polar surface area (TPSA) is 0 Å². The van der Waals surface area contributed by atoms with E-state index in [2.05, 4.69) is 13.2 Å². The minimum Gasteiger partial charge on any atom is -0.207 e. The molecule has 0 heterocycles. The van der Waals surface area contributed by atoms with Crippen LogP contribution in [0, 0.1) is 11.8 Å². The fourth-order valence-electron chi connectivity index (χ4n) is 0.698. The van der Waals surface area contributed by atoms with Crippen molar-refractivity contribution in [2.24, 2.45) is 11.8 Å². The Kier molecular flexibility index (Phi) is 4.68. The Hall–Kier alpha value is -0.850. The summed E-state index contributed by atoms with van der Waals surface area (Å²) in [4.78, 5) is 0. The zero-order chi connectivity index (χ0) is 10.6. The summed E-state index contributed by atoms with van der Waals surface area (Å²) in [5.74, 6) is 0.190. The Morgan fingerprint density at radius 2 is 1.54 bits per heavy atom. The average Bonchev–Trinajstić information content (AvgIpc) is 2.02. The first kappa shape index (κ1) is 12.2. The smallest absolute Gasteiger partial charge is 0.126 e. The zero-order valence-electron chi connectivity index (χ0n) is 9.02. The van der Waals surface area contributed by atoms with Crippen molar-refractivity contribution >= 4 is 0 Å². The summed E-state index contributed by atoms with van der Waals surface area (Å²) >= 11 is 0. The first-order valence-electron chi connectivity index (χ1n) is 4.61. The summed E-state index contributed by atoms with van der Waals surface area (Å²) in [7, 11) is 0. The van der Waals surface area contributed by atoms with Crippen LogP contribution in [-0.2, 0) is 0 Å². The quantitative estimate of drug-likeness (QED) is 0.570. The number of halogens is 1. The van der Waals surface area contributed by atoms with Crippen molar-refractivity contribution in [1.82, 2.24) is 0 Å². The van der Waals surface area contributed by atoms with Gasteiger partial charge < -0.3 is 0 Å². The first-order chi connectivity index (χ1) is 5.86. The highest BCUT2D eigenvalue weighted by molar-refractivity contribution is 5.31. The molecule has 0 atom stereocenters. The molecular formula is C12H19F. The zero-order valence-corrected chi connectivity index (χ0v) is 9.02. The molecule has 13 heavy (non-hydrogen) atoms. The van der Waals surface area contributed by atoms with Gasteiger partial charge in [0.05, 0.1) is 0 Å². The van der Waals surface area contributed by atoms with Gasteiger partial charge in [0.1, 0.15) is 5.83 Å². The molecule has 0 aliphatic carbocycles. The maximum Gasteiger partial charge on any atom is 0.126 e. The molecule has 0 rings (SSSR count). The summed E-state index contributed by atoms with van der Waals surface area (Å²) in [6.07, 6.45) is 1.48. The minimum absolute atomic E-state index is 0.149. The van der Waals surface area contributed by atoms with Crippen molar-refractivity contribution in [2.75, 3.05) is 0 Å². The molecule has 0 radical (unpaired) electrons. The Morgan fingerprint density at radius 3 is 1.85 bits per heavy atom. The van der Waals surface area contributed by atoms with Crippen molar-refractivity contribution in [1.29, 1.82) is 0 Å². The van der Waals surface area contributed by atoms with Gasteiger partial charge in [0.15, 0.2) is 0 Å². The summed E-state index contributed by atoms with van der Waals surface area (Å²) in [6, 6.07) is 0. The van der Waals surface area contributed by atoms with Gasteiger partial charge in [0.2, 0.25) is 0 Å². The van der Waals surface area contributed by atoms with Crippen molar-refractivity contribution in [3.8, 4) is 0 Å². The number of hydrogen-bond donors (Lipinski definition) is 0. The van der Waals surface area contributed by atoms with Gasteiger partial charge in [-0.05, 0) is 29.1 Å². The molecule has 0 aromatic heterocycles. The van der Waals surface area contributed by atoms with Crippen LogP contribution in [0.2, 0.25) is 0 Å². The third-order valence-electron chi connectivity index (χ3n) is 2.06. The number of allylic oxidation sites excluding steroid dienone is 4. The van der Waals surface area contributed by atoms with E-state index in [1.54, 1.807) is 0 Å². The molecule has 1 heteroatoms. The molecule has 0 nitrogen and oxygen atoms in total. The van der Waals surface area contributed by atoms with E-state index in [4.69, 9.17) is 0 Å². The monoisotopic (exact) mass is 182 g/mol. The molecule has 0 bridgehead atoms. The molecule has 0 unspecified atom stereocenters. The predicted octanol–water partition coefficient (Wildman–Crippen LogP) is 4.26. The van der Waals surface area contributed by atoms with Gasteiger partial charge in [-0.1, -0.05) is 40.9 Å². The summed E-state index contributed by atoms with van der Waals surface area (Å²) in [5, 5.41) is 0. The largest absolute Gasteiger partial charge is 0.207 e. The molecule has 0 aliphatic heterocycles. The van der Waals surface area contributed by atoms with Crippen LogP contribution in [0.15, 0.2) is 36.2 Å². The fourth-order valence-corrected chi connectivity index (χ4v) is 0.698. The van der Waals surface area contributed by atoms with E-state index >= 15 is 0 Å². The Morgan fingerprint density at radius 1 is 1.08 bits per heavy atom. The summed E-state index contributed by atoms with van der Waals surface area (Å²) < 4.78 is 13.4. The summed E-state index contributed by atoms with van der Waals surface area (Å²) in [6.45, 7) is 15.3. The van der Waals surface area contributed by atoms with Crippen LogP contribution < -0.4 is 0 Å². The maximum atomic E-state index is 13.4. The van der Waals surface area contributed by atoms with Gasteiger partial charge in [0, 0.05) is 0 Å². The highest BCUT2D eigenvalue weighted by Gasteiger charge is 2.07. The highest BCUT2D eigenvalue weighted by atomic mass is 19.1. The second-order valence-electron chi connectivity index (χ2n) is 3.90. The average molecular weight is 182 g/mol. The SMILES string of the molecule is C=C(/C=C(/F)C(=C)C(C)C)C(C)C. The molecule has 0 aliphatic rings. The summed E-state index contributed by atoms with van der Waals surface area (Å²) in [5.41, 5.74) is 1.35. The van der Waals surface area contributed by atoms with Gasteiger partial charge in [-0.2, -0.15) is 0 Å². The van der Waals surface area contributed by atoms with Crippen molar-refractivity contribution in [2.45, 2.75) is 27.7 Å². The van der Waals surface area contributed by atoms with Crippen LogP contribution in [0.1, 0.15) is 27.7 Å². The third kappa shape index (κ3) is 4.07. The standard InChI is InChI=1S/C12H19F/c1-8(2)10(5)7-12(13)11(6)9(3)4/h7-9H,5-6H2,1-4H3/b12-7+. The van der Waals surface area contributed by atoms with E-state index in [1.165, 1.54) is 6.08 Å². The van der Waals surface area contributed by atoms with Crippen LogP contribution >= 0.6 is 0 Å². The highest BCUT2D eigenvalue weighted by Crippen LogP contribution is 2.21. The third-order valence-corrected chi connectivity index (χ3v) is 2.06. The van der Waals surface area contributed by atoms with Crippen molar-refractivity contribution in [3.63, 3.8) is 0 Å². The van der Waals surface area contributed by atoms with Gasteiger partial charge in [-0.3, -0.25) is 0 Å². The molecular weight excluding hydrogens is 163 g/mol. The van der Waals surface area contributed by atoms with Gasteiger partial charge in [-0.25, -0.2) is 4.39 Å². The van der Waals surface area contributed by atoms with E-state index in [1.807, 2.05) is 27.7 Å². The Labute approximate surface area is 80.9 Å². The Balaban J connectivity index is 4.50. The lowest BCUT2D eigenvalue weighted by Crippen LogP contribution is -1.95. The molecule has 0 N–H and O–H groups in total. The lowest BCUT2D eigenvalue weighted by molar-refractivity contribution is 0.606. The number of rotatable bonds is 4. The van der Waals surface area contributed by atoms with E-state index < -0.39 is 0 Å². The normalized spacial score (nSPS) is 12.4. The maximum absolute atomic E-state index is 13.4. The van der Waals surface area contributed by atoms with E-state index in [0.29, 0.717) is 5.57 Å². The number of hydrogen-bond acceptors (Lipinski definition) is 0. The molecule has 0 amide bonds. The fraction of sp³-hybridized carbons (Fsp3) is 0.500. The van der Waals surface area contributed by atoms with Gasteiger partial charge in [-0.15, -0.1) is 0 Å². The van der Waals surface area contributed by atoms with Crippen molar-refractivity contribution < 1.29 is 4.39 Å². The van der Waals surface area contributed by atoms with Crippen molar-refractivity contribution in [3.05, 3.63) is 36.2 Å². The second-order valence-corrected chi connectivity index (χ2v) is 3.90. The molecule has 0 spiro atoms. The lowest BCUT2D eigenvalue weighted by Gasteiger charge is -2.08. The minimum atomic E-state index is -0.242. The van der Waals surface area contributed by atoms with Crippen LogP contribution in [0.3, 0.4) is 0 Å². The molecule has 74 valence electrons. The van der Waals surface area contributed by atoms with Crippen LogP contribution in [-0.4, -0.2) is 0 Å². The van der Waals surface area contributed by atoms with Crippen LogP contribution in [0.5, 0.6) is 0 Å². The molecule has 0 aromatic rings. The molecule has 0 saturated carbocycles. The van der Waals surface area contributed by atoms with E-state index in [0.717, 1.165) is 5.57 Å². The Bertz CT molecular complexity index is 232. The van der Waals surface area contributed by atoms with Gasteiger partial charge >= 0.3 is 0 Å².